The normalized spacial score (nSPS) is 18.6. The Balaban J connectivity index is 2.20. The van der Waals surface area contributed by atoms with E-state index in [4.69, 9.17) is 5.73 Å². The maximum atomic E-state index is 12.1. The standard InChI is InChI=1S/C11H10Br3N5O/c12-5-4-3(6-9(14)19-11(15)18-6)1-2-16-10(20)7(4)17-8(5)13/h3,17H,1-2H2,(H,16,20)(H3,15,18,19). The Labute approximate surface area is 139 Å². The molecule has 1 amide bonds. The monoisotopic (exact) mass is 465 g/mol. The predicted octanol–water partition coefficient (Wildman–Crippen LogP) is 2.87. The van der Waals surface area contributed by atoms with E-state index >= 15 is 0 Å². The molecule has 1 unspecified atom stereocenters. The molecule has 6 nitrogen and oxygen atoms in total. The Hall–Kier alpha value is -0.800. The van der Waals surface area contributed by atoms with Crippen molar-refractivity contribution in [2.45, 2.75) is 12.3 Å². The van der Waals surface area contributed by atoms with Crippen LogP contribution in [0.4, 0.5) is 5.95 Å². The number of fused-ring (bicyclic) bond motifs is 1. The molecule has 0 radical (unpaired) electrons. The fourth-order valence-corrected chi connectivity index (χ4v) is 3.98. The lowest BCUT2D eigenvalue weighted by Gasteiger charge is -2.14. The Morgan fingerprint density at radius 1 is 1.25 bits per heavy atom. The minimum atomic E-state index is -0.113. The summed E-state index contributed by atoms with van der Waals surface area (Å²) in [5, 5.41) is 2.87. The van der Waals surface area contributed by atoms with Crippen LogP contribution in [0.1, 0.15) is 34.1 Å². The minimum absolute atomic E-state index is 0.0138. The van der Waals surface area contributed by atoms with E-state index in [0.717, 1.165) is 26.8 Å². The van der Waals surface area contributed by atoms with Crippen LogP contribution in [0.2, 0.25) is 0 Å². The second-order valence-electron chi connectivity index (χ2n) is 4.47. The summed E-state index contributed by atoms with van der Waals surface area (Å²) < 4.78 is 2.26. The van der Waals surface area contributed by atoms with E-state index in [2.05, 4.69) is 68.1 Å². The number of amides is 1. The first-order valence-corrected chi connectivity index (χ1v) is 8.23. The van der Waals surface area contributed by atoms with E-state index < -0.39 is 0 Å². The molecule has 5 N–H and O–H groups in total. The summed E-state index contributed by atoms with van der Waals surface area (Å²) in [6, 6.07) is 0. The molecule has 9 heteroatoms. The van der Waals surface area contributed by atoms with Gasteiger partial charge in [0.15, 0.2) is 5.95 Å². The highest BCUT2D eigenvalue weighted by molar-refractivity contribution is 9.13. The molecule has 3 heterocycles. The van der Waals surface area contributed by atoms with Gasteiger partial charge in [-0.25, -0.2) is 4.98 Å². The summed E-state index contributed by atoms with van der Waals surface area (Å²) in [5.74, 6) is 0.222. The number of carbonyl (C=O) groups excluding carboxylic acids is 1. The third-order valence-electron chi connectivity index (χ3n) is 3.28. The molecule has 1 aliphatic rings. The maximum absolute atomic E-state index is 12.1. The van der Waals surface area contributed by atoms with Gasteiger partial charge in [0.2, 0.25) is 0 Å². The van der Waals surface area contributed by atoms with Crippen molar-refractivity contribution in [3.63, 3.8) is 0 Å². The van der Waals surface area contributed by atoms with E-state index in [-0.39, 0.29) is 11.8 Å². The van der Waals surface area contributed by atoms with Crippen LogP contribution in [0.25, 0.3) is 0 Å². The highest BCUT2D eigenvalue weighted by Crippen LogP contribution is 2.41. The van der Waals surface area contributed by atoms with Gasteiger partial charge in [-0.05, 0) is 54.2 Å². The fraction of sp³-hybridized carbons (Fsp3) is 0.273. The number of anilines is 1. The number of nitrogens with zero attached hydrogens (tertiary/aromatic N) is 1. The van der Waals surface area contributed by atoms with Crippen LogP contribution in [-0.4, -0.2) is 27.4 Å². The number of aromatic nitrogens is 3. The van der Waals surface area contributed by atoms with Gasteiger partial charge >= 0.3 is 0 Å². The van der Waals surface area contributed by atoms with Crippen molar-refractivity contribution in [3.05, 3.63) is 30.6 Å². The number of imidazole rings is 1. The van der Waals surface area contributed by atoms with Gasteiger partial charge in [0.05, 0.1) is 14.8 Å². The van der Waals surface area contributed by atoms with Gasteiger partial charge in [-0.1, -0.05) is 0 Å². The van der Waals surface area contributed by atoms with Crippen molar-refractivity contribution in [1.29, 1.82) is 0 Å². The number of nitrogen functional groups attached to an aromatic ring is 1. The average molecular weight is 468 g/mol. The van der Waals surface area contributed by atoms with Crippen molar-refractivity contribution < 1.29 is 4.79 Å². The quantitative estimate of drug-likeness (QED) is 0.519. The summed E-state index contributed by atoms with van der Waals surface area (Å²) in [6.45, 7) is 0.585. The van der Waals surface area contributed by atoms with Gasteiger partial charge in [0.1, 0.15) is 10.3 Å². The summed E-state index contributed by atoms with van der Waals surface area (Å²) in [5.41, 5.74) is 8.02. The molecule has 1 aliphatic heterocycles. The molecule has 106 valence electrons. The Morgan fingerprint density at radius 3 is 2.65 bits per heavy atom. The topological polar surface area (TPSA) is 99.6 Å². The van der Waals surface area contributed by atoms with Crippen molar-refractivity contribution >= 4 is 59.6 Å². The van der Waals surface area contributed by atoms with Crippen molar-refractivity contribution in [3.8, 4) is 0 Å². The van der Waals surface area contributed by atoms with Gasteiger partial charge in [-0.2, -0.15) is 0 Å². The van der Waals surface area contributed by atoms with Crippen LogP contribution in [0.5, 0.6) is 0 Å². The molecule has 0 aromatic carbocycles. The molecule has 0 spiro atoms. The number of nitrogens with two attached hydrogens (primary N) is 1. The number of hydrogen-bond donors (Lipinski definition) is 4. The molecule has 3 rings (SSSR count). The Kier molecular flexibility index (Phi) is 3.67. The lowest BCUT2D eigenvalue weighted by atomic mass is 9.94. The molecule has 0 saturated carbocycles. The van der Waals surface area contributed by atoms with Gasteiger partial charge in [0.25, 0.3) is 5.91 Å². The largest absolute Gasteiger partial charge is 0.369 e. The molecular formula is C11H10Br3N5O. The van der Waals surface area contributed by atoms with Gasteiger partial charge < -0.3 is 21.0 Å². The summed E-state index contributed by atoms with van der Waals surface area (Å²) >= 11 is 10.3. The predicted molar refractivity (Wildman–Crippen MR) is 85.7 cm³/mol. The first kappa shape index (κ1) is 14.2. The summed E-state index contributed by atoms with van der Waals surface area (Å²) in [6.07, 6.45) is 0.752. The molecule has 0 bridgehead atoms. The van der Waals surface area contributed by atoms with Crippen LogP contribution in [0.3, 0.4) is 0 Å². The average Bonchev–Trinajstić information content (AvgIpc) is 2.81. The number of H-pyrrole nitrogens is 2. The highest BCUT2D eigenvalue weighted by atomic mass is 79.9. The Morgan fingerprint density at radius 2 is 2.00 bits per heavy atom. The molecule has 2 aromatic rings. The lowest BCUT2D eigenvalue weighted by Crippen LogP contribution is -2.23. The number of halogens is 3. The number of aromatic amines is 2. The van der Waals surface area contributed by atoms with Crippen LogP contribution in [-0.2, 0) is 0 Å². The zero-order valence-corrected chi connectivity index (χ0v) is 14.8. The van der Waals surface area contributed by atoms with Crippen molar-refractivity contribution in [2.24, 2.45) is 0 Å². The fourth-order valence-electron chi connectivity index (χ4n) is 2.43. The van der Waals surface area contributed by atoms with Gasteiger partial charge in [-0.3, -0.25) is 4.79 Å². The maximum Gasteiger partial charge on any atom is 0.268 e. The third-order valence-corrected chi connectivity index (χ3v) is 5.83. The second-order valence-corrected chi connectivity index (χ2v) is 6.80. The van der Waals surface area contributed by atoms with Crippen molar-refractivity contribution in [1.82, 2.24) is 20.3 Å². The Bertz CT molecular complexity index is 693. The number of carbonyl (C=O) groups is 1. The number of rotatable bonds is 1. The third kappa shape index (κ3) is 2.21. The van der Waals surface area contributed by atoms with Gasteiger partial charge in [-0.15, -0.1) is 0 Å². The first-order chi connectivity index (χ1) is 9.49. The zero-order valence-electron chi connectivity index (χ0n) is 10.1. The smallest absolute Gasteiger partial charge is 0.268 e. The molecule has 2 aromatic heterocycles. The van der Waals surface area contributed by atoms with Crippen LogP contribution in [0.15, 0.2) is 13.7 Å². The SMILES string of the molecule is Nc1nc(Br)c(C2CCNC(=O)c3[nH]c(Br)c(Br)c32)[nH]1. The van der Waals surface area contributed by atoms with Gasteiger partial charge in [0, 0.05) is 18.0 Å². The second kappa shape index (κ2) is 5.19. The van der Waals surface area contributed by atoms with E-state index in [1.807, 2.05) is 0 Å². The van der Waals surface area contributed by atoms with E-state index in [1.54, 1.807) is 0 Å². The summed E-state index contributed by atoms with van der Waals surface area (Å²) in [7, 11) is 0. The van der Waals surface area contributed by atoms with E-state index in [0.29, 0.717) is 22.8 Å². The molecule has 0 aliphatic carbocycles. The lowest BCUT2D eigenvalue weighted by molar-refractivity contribution is 0.0951. The van der Waals surface area contributed by atoms with Crippen molar-refractivity contribution in [2.75, 3.05) is 12.3 Å². The zero-order chi connectivity index (χ0) is 14.4. The first-order valence-electron chi connectivity index (χ1n) is 5.85. The number of nitrogens with one attached hydrogen (secondary N) is 3. The van der Waals surface area contributed by atoms with E-state index in [1.165, 1.54) is 0 Å². The molecule has 20 heavy (non-hydrogen) atoms. The van der Waals surface area contributed by atoms with Crippen LogP contribution >= 0.6 is 47.8 Å². The molecule has 0 saturated heterocycles. The molecule has 1 atom stereocenters. The highest BCUT2D eigenvalue weighted by Gasteiger charge is 2.32. The summed E-state index contributed by atoms with van der Waals surface area (Å²) in [4.78, 5) is 22.4. The van der Waals surface area contributed by atoms with Crippen LogP contribution in [0, 0.1) is 0 Å². The number of hydrogen-bond acceptors (Lipinski definition) is 3. The molecule has 0 fully saturated rings. The molecular weight excluding hydrogens is 458 g/mol. The minimum Gasteiger partial charge on any atom is -0.369 e. The van der Waals surface area contributed by atoms with E-state index in [9.17, 15) is 4.79 Å². The van der Waals surface area contributed by atoms with Crippen LogP contribution < -0.4 is 11.1 Å².